The van der Waals surface area contributed by atoms with E-state index >= 15 is 0 Å². The van der Waals surface area contributed by atoms with Gasteiger partial charge in [0.2, 0.25) is 5.91 Å². The summed E-state index contributed by atoms with van der Waals surface area (Å²) in [5, 5.41) is 13.2. The van der Waals surface area contributed by atoms with Crippen LogP contribution in [0.3, 0.4) is 0 Å². The van der Waals surface area contributed by atoms with Crippen molar-refractivity contribution in [2.75, 3.05) is 5.32 Å². The van der Waals surface area contributed by atoms with Crippen molar-refractivity contribution < 1.29 is 14.1 Å². The number of nitrogens with zero attached hydrogens (tertiary/aromatic N) is 1. The van der Waals surface area contributed by atoms with Crippen molar-refractivity contribution in [3.8, 4) is 0 Å². The van der Waals surface area contributed by atoms with Crippen molar-refractivity contribution in [1.82, 2.24) is 0 Å². The van der Waals surface area contributed by atoms with Gasteiger partial charge in [0, 0.05) is 29.5 Å². The van der Waals surface area contributed by atoms with E-state index in [1.165, 1.54) is 48.5 Å². The molecule has 2 aromatic rings. The molecule has 1 N–H and O–H groups in total. The van der Waals surface area contributed by atoms with Crippen molar-refractivity contribution in [2.45, 2.75) is 0 Å². The molecule has 0 aliphatic carbocycles. The van der Waals surface area contributed by atoms with Crippen LogP contribution in [0.5, 0.6) is 0 Å². The van der Waals surface area contributed by atoms with Crippen molar-refractivity contribution in [3.63, 3.8) is 0 Å². The molecule has 0 aliphatic rings. The van der Waals surface area contributed by atoms with Gasteiger partial charge >= 0.3 is 0 Å². The number of anilines is 1. The topological polar surface area (TPSA) is 72.2 Å². The maximum atomic E-state index is 13.5. The summed E-state index contributed by atoms with van der Waals surface area (Å²) in [6, 6.07) is 9.56. The molecule has 0 fully saturated rings. The lowest BCUT2D eigenvalue weighted by molar-refractivity contribution is -0.384. The van der Waals surface area contributed by atoms with Gasteiger partial charge in [-0.1, -0.05) is 17.7 Å². The van der Waals surface area contributed by atoms with Crippen molar-refractivity contribution in [1.29, 1.82) is 0 Å². The van der Waals surface area contributed by atoms with Crippen LogP contribution in [-0.2, 0) is 4.79 Å². The fraction of sp³-hybridized carbons (Fsp3) is 0. The lowest BCUT2D eigenvalue weighted by Gasteiger charge is -2.02. The zero-order chi connectivity index (χ0) is 16.1. The van der Waals surface area contributed by atoms with Gasteiger partial charge in [-0.05, 0) is 30.3 Å². The largest absolute Gasteiger partial charge is 0.323 e. The van der Waals surface area contributed by atoms with Crippen LogP contribution < -0.4 is 5.32 Å². The molecule has 22 heavy (non-hydrogen) atoms. The smallest absolute Gasteiger partial charge is 0.269 e. The monoisotopic (exact) mass is 320 g/mol. The van der Waals surface area contributed by atoms with E-state index in [2.05, 4.69) is 5.32 Å². The van der Waals surface area contributed by atoms with Gasteiger partial charge in [0.1, 0.15) is 5.82 Å². The highest BCUT2D eigenvalue weighted by atomic mass is 35.5. The van der Waals surface area contributed by atoms with E-state index in [1.54, 1.807) is 0 Å². The van der Waals surface area contributed by atoms with Crippen LogP contribution in [0.15, 0.2) is 48.5 Å². The number of nitro benzene ring substituents is 1. The minimum atomic E-state index is -0.536. The first-order chi connectivity index (χ1) is 10.5. The molecule has 112 valence electrons. The van der Waals surface area contributed by atoms with Crippen molar-refractivity contribution in [3.05, 3.63) is 75.1 Å². The molecule has 0 atom stereocenters. The van der Waals surface area contributed by atoms with Gasteiger partial charge in [-0.3, -0.25) is 14.9 Å². The molecular weight excluding hydrogens is 311 g/mol. The third kappa shape index (κ3) is 3.89. The standard InChI is InChI=1S/C15H10ClFN2O3/c16-13-2-1-3-14(17)12(13)8-9-15(20)18-10-4-6-11(7-5-10)19(21)22/h1-9H,(H,18,20). The summed E-state index contributed by atoms with van der Waals surface area (Å²) in [6.07, 6.45) is 2.39. The SMILES string of the molecule is O=C(C=Cc1c(F)cccc1Cl)Nc1ccc([N+](=O)[O-])cc1. The van der Waals surface area contributed by atoms with Gasteiger partial charge in [-0.25, -0.2) is 4.39 Å². The molecule has 2 rings (SSSR count). The maximum Gasteiger partial charge on any atom is 0.269 e. The summed E-state index contributed by atoms with van der Waals surface area (Å²) in [7, 11) is 0. The molecule has 2 aromatic carbocycles. The molecule has 0 aliphatic heterocycles. The Kier molecular flexibility index (Phi) is 4.85. The first kappa shape index (κ1) is 15.7. The molecular formula is C15H10ClFN2O3. The number of nitro groups is 1. The molecule has 0 unspecified atom stereocenters. The number of hydrogen-bond acceptors (Lipinski definition) is 3. The fourth-order valence-corrected chi connectivity index (χ4v) is 1.91. The third-order valence-electron chi connectivity index (χ3n) is 2.75. The summed E-state index contributed by atoms with van der Waals surface area (Å²) in [5.41, 5.74) is 0.426. The second-order valence-electron chi connectivity index (χ2n) is 4.26. The average Bonchev–Trinajstić information content (AvgIpc) is 2.47. The van der Waals surface area contributed by atoms with Crippen LogP contribution in [0.1, 0.15) is 5.56 Å². The van der Waals surface area contributed by atoms with E-state index in [4.69, 9.17) is 11.6 Å². The predicted octanol–water partition coefficient (Wildman–Crippen LogP) is 4.04. The van der Waals surface area contributed by atoms with Crippen LogP contribution in [0.4, 0.5) is 15.8 Å². The number of non-ortho nitro benzene ring substituents is 1. The Labute approximate surface area is 130 Å². The highest BCUT2D eigenvalue weighted by molar-refractivity contribution is 6.32. The van der Waals surface area contributed by atoms with E-state index in [0.717, 1.165) is 6.08 Å². The number of carbonyl (C=O) groups excluding carboxylic acids is 1. The van der Waals surface area contributed by atoms with E-state index in [9.17, 15) is 19.3 Å². The summed E-state index contributed by atoms with van der Waals surface area (Å²) in [6.45, 7) is 0. The van der Waals surface area contributed by atoms with E-state index < -0.39 is 16.6 Å². The summed E-state index contributed by atoms with van der Waals surface area (Å²) < 4.78 is 13.5. The lowest BCUT2D eigenvalue weighted by Crippen LogP contribution is -2.07. The molecule has 0 saturated carbocycles. The molecule has 0 radical (unpaired) electrons. The zero-order valence-electron chi connectivity index (χ0n) is 11.1. The zero-order valence-corrected chi connectivity index (χ0v) is 11.9. The van der Waals surface area contributed by atoms with Gasteiger partial charge in [0.15, 0.2) is 0 Å². The van der Waals surface area contributed by atoms with Crippen LogP contribution >= 0.6 is 11.6 Å². The molecule has 5 nitrogen and oxygen atoms in total. The van der Waals surface area contributed by atoms with Crippen molar-refractivity contribution >= 4 is 35.0 Å². The molecule has 0 aromatic heterocycles. The highest BCUT2D eigenvalue weighted by Crippen LogP contribution is 2.20. The first-order valence-corrected chi connectivity index (χ1v) is 6.52. The van der Waals surface area contributed by atoms with Gasteiger partial charge in [0.05, 0.1) is 9.95 Å². The van der Waals surface area contributed by atoms with E-state index in [0.29, 0.717) is 5.69 Å². The number of benzene rings is 2. The molecule has 0 bridgehead atoms. The summed E-state index contributed by atoms with van der Waals surface area (Å²) in [4.78, 5) is 21.7. The van der Waals surface area contributed by atoms with Crippen molar-refractivity contribution in [2.24, 2.45) is 0 Å². The number of rotatable bonds is 4. The molecule has 0 heterocycles. The molecule has 0 saturated heterocycles. The molecule has 7 heteroatoms. The number of hydrogen-bond donors (Lipinski definition) is 1. The third-order valence-corrected chi connectivity index (χ3v) is 3.08. The van der Waals surface area contributed by atoms with Crippen LogP contribution in [-0.4, -0.2) is 10.8 Å². The second kappa shape index (κ2) is 6.82. The van der Waals surface area contributed by atoms with Gasteiger partial charge in [-0.15, -0.1) is 0 Å². The Morgan fingerprint density at radius 1 is 1.23 bits per heavy atom. The Hall–Kier alpha value is -2.73. The fourth-order valence-electron chi connectivity index (χ4n) is 1.68. The molecule has 1 amide bonds. The number of nitrogens with one attached hydrogen (secondary N) is 1. The minimum absolute atomic E-state index is 0.0771. The summed E-state index contributed by atoms with van der Waals surface area (Å²) >= 11 is 5.83. The number of amides is 1. The van der Waals surface area contributed by atoms with E-state index in [1.807, 2.05) is 0 Å². The summed E-state index contributed by atoms with van der Waals surface area (Å²) in [5.74, 6) is -1.04. The Balaban J connectivity index is 2.06. The van der Waals surface area contributed by atoms with Gasteiger partial charge in [-0.2, -0.15) is 0 Å². The van der Waals surface area contributed by atoms with Gasteiger partial charge < -0.3 is 5.32 Å². The Morgan fingerprint density at radius 2 is 1.91 bits per heavy atom. The predicted molar refractivity (Wildman–Crippen MR) is 82.2 cm³/mol. The van der Waals surface area contributed by atoms with Gasteiger partial charge in [0.25, 0.3) is 5.69 Å². The highest BCUT2D eigenvalue weighted by Gasteiger charge is 2.06. The van der Waals surface area contributed by atoms with Crippen LogP contribution in [0.25, 0.3) is 6.08 Å². The Morgan fingerprint density at radius 3 is 2.50 bits per heavy atom. The normalized spacial score (nSPS) is 10.6. The minimum Gasteiger partial charge on any atom is -0.323 e. The quantitative estimate of drug-likeness (QED) is 0.525. The first-order valence-electron chi connectivity index (χ1n) is 6.15. The van der Waals surface area contributed by atoms with Crippen LogP contribution in [0, 0.1) is 15.9 Å². The van der Waals surface area contributed by atoms with Crippen LogP contribution in [0.2, 0.25) is 5.02 Å². The Bertz CT molecular complexity index is 725. The number of carbonyl (C=O) groups is 1. The number of halogens is 2. The molecule has 0 spiro atoms. The second-order valence-corrected chi connectivity index (χ2v) is 4.67. The lowest BCUT2D eigenvalue weighted by atomic mass is 10.2. The maximum absolute atomic E-state index is 13.5. The van der Waals surface area contributed by atoms with E-state index in [-0.39, 0.29) is 16.3 Å². The average molecular weight is 321 g/mol.